The molecule has 3 rings (SSSR count). The minimum absolute atomic E-state index is 0.159. The van der Waals surface area contributed by atoms with Gasteiger partial charge in [-0.1, -0.05) is 72.8 Å². The van der Waals surface area contributed by atoms with Crippen molar-refractivity contribution in [2.75, 3.05) is 6.54 Å². The third-order valence-electron chi connectivity index (χ3n) is 4.61. The molecule has 0 saturated carbocycles. The first kappa shape index (κ1) is 20.5. The number of fused-ring (bicyclic) bond motifs is 1. The summed E-state index contributed by atoms with van der Waals surface area (Å²) in [6, 6.07) is 23.6. The van der Waals surface area contributed by atoms with Crippen molar-refractivity contribution in [2.45, 2.75) is 19.4 Å². The maximum Gasteiger partial charge on any atom is 0.230 e. The maximum absolute atomic E-state index is 12.6. The van der Waals surface area contributed by atoms with Gasteiger partial charge < -0.3 is 16.0 Å². The largest absolute Gasteiger partial charge is 0.370 e. The van der Waals surface area contributed by atoms with Gasteiger partial charge in [-0.15, -0.1) is 0 Å². The number of amides is 2. The zero-order chi connectivity index (χ0) is 20.6. The van der Waals surface area contributed by atoms with Crippen molar-refractivity contribution in [2.24, 2.45) is 5.73 Å². The highest BCUT2D eigenvalue weighted by atomic mass is 32.1. The van der Waals surface area contributed by atoms with E-state index in [1.54, 1.807) is 4.90 Å². The Kier molecular flexibility index (Phi) is 6.92. The third kappa shape index (κ3) is 5.86. The van der Waals surface area contributed by atoms with Gasteiger partial charge in [-0.25, -0.2) is 0 Å². The van der Waals surface area contributed by atoms with E-state index >= 15 is 0 Å². The normalized spacial score (nSPS) is 10.5. The molecule has 29 heavy (non-hydrogen) atoms. The van der Waals surface area contributed by atoms with Gasteiger partial charge in [0, 0.05) is 19.5 Å². The summed E-state index contributed by atoms with van der Waals surface area (Å²) in [7, 11) is 0. The summed E-state index contributed by atoms with van der Waals surface area (Å²) < 4.78 is 0. The van der Waals surface area contributed by atoms with Crippen LogP contribution in [0.25, 0.3) is 10.8 Å². The monoisotopic (exact) mass is 405 g/mol. The number of hydrogen-bond acceptors (Lipinski definition) is 3. The molecule has 0 spiro atoms. The molecular formula is C23H23N3O2S. The van der Waals surface area contributed by atoms with Crippen LogP contribution in [0.15, 0.2) is 72.8 Å². The van der Waals surface area contributed by atoms with E-state index < -0.39 is 5.91 Å². The summed E-state index contributed by atoms with van der Waals surface area (Å²) in [5.74, 6) is -0.601. The quantitative estimate of drug-likeness (QED) is 0.592. The zero-order valence-electron chi connectivity index (χ0n) is 16.0. The van der Waals surface area contributed by atoms with Crippen LogP contribution in [0.3, 0.4) is 0 Å². The Hall–Kier alpha value is -3.25. The van der Waals surface area contributed by atoms with E-state index in [1.165, 1.54) is 0 Å². The van der Waals surface area contributed by atoms with E-state index in [0.29, 0.717) is 18.2 Å². The number of nitrogens with one attached hydrogen (secondary N) is 1. The molecule has 0 atom stereocenters. The molecule has 148 valence electrons. The van der Waals surface area contributed by atoms with E-state index in [9.17, 15) is 9.59 Å². The van der Waals surface area contributed by atoms with Gasteiger partial charge in [-0.3, -0.25) is 9.59 Å². The number of nitrogens with zero attached hydrogens (tertiary/aromatic N) is 1. The summed E-state index contributed by atoms with van der Waals surface area (Å²) in [4.78, 5) is 25.7. The minimum atomic E-state index is -0.409. The van der Waals surface area contributed by atoms with Crippen LogP contribution in [0.4, 0.5) is 0 Å². The molecule has 0 aliphatic carbocycles. The van der Waals surface area contributed by atoms with E-state index in [0.717, 1.165) is 21.9 Å². The third-order valence-corrected chi connectivity index (χ3v) is 4.97. The molecule has 0 unspecified atom stereocenters. The predicted octanol–water partition coefficient (Wildman–Crippen LogP) is 3.16. The highest BCUT2D eigenvalue weighted by Gasteiger charge is 2.15. The smallest absolute Gasteiger partial charge is 0.230 e. The number of carbonyl (C=O) groups is 2. The van der Waals surface area contributed by atoms with Crippen LogP contribution in [0.1, 0.15) is 17.5 Å². The second-order valence-corrected chi connectivity index (χ2v) is 7.18. The molecule has 0 aliphatic heterocycles. The number of primary amides is 1. The molecule has 2 amide bonds. The van der Waals surface area contributed by atoms with E-state index in [2.05, 4.69) is 5.32 Å². The Morgan fingerprint density at radius 1 is 0.931 bits per heavy atom. The van der Waals surface area contributed by atoms with Crippen LogP contribution in [0, 0.1) is 0 Å². The van der Waals surface area contributed by atoms with Gasteiger partial charge in [-0.2, -0.15) is 0 Å². The number of carbonyl (C=O) groups excluding carboxylic acids is 2. The van der Waals surface area contributed by atoms with Gasteiger partial charge in [0.1, 0.15) is 0 Å². The molecule has 6 heteroatoms. The van der Waals surface area contributed by atoms with E-state index in [-0.39, 0.29) is 18.7 Å². The molecule has 0 bridgehead atoms. The van der Waals surface area contributed by atoms with Crippen molar-refractivity contribution in [3.8, 4) is 0 Å². The molecule has 0 radical (unpaired) electrons. The van der Waals surface area contributed by atoms with Gasteiger partial charge in [-0.05, 0) is 34.1 Å². The summed E-state index contributed by atoms with van der Waals surface area (Å²) in [5, 5.41) is 5.23. The lowest BCUT2D eigenvalue weighted by Gasteiger charge is -2.25. The Morgan fingerprint density at radius 2 is 1.62 bits per heavy atom. The van der Waals surface area contributed by atoms with E-state index in [4.69, 9.17) is 18.0 Å². The minimum Gasteiger partial charge on any atom is -0.370 e. The first-order chi connectivity index (χ1) is 14.0. The molecule has 0 aliphatic rings. The summed E-state index contributed by atoms with van der Waals surface area (Å²) in [5.41, 5.74) is 7.26. The molecule has 3 aromatic rings. The molecule has 0 saturated heterocycles. The number of benzene rings is 3. The molecule has 0 heterocycles. The topological polar surface area (TPSA) is 75.4 Å². The Labute approximate surface area is 175 Å². The maximum atomic E-state index is 12.6. The van der Waals surface area contributed by atoms with Gasteiger partial charge in [0.2, 0.25) is 11.8 Å². The predicted molar refractivity (Wildman–Crippen MR) is 119 cm³/mol. The van der Waals surface area contributed by atoms with Crippen molar-refractivity contribution < 1.29 is 9.59 Å². The van der Waals surface area contributed by atoms with Gasteiger partial charge in [0.25, 0.3) is 0 Å². The molecule has 3 aromatic carbocycles. The lowest BCUT2D eigenvalue weighted by atomic mass is 10.0. The second-order valence-electron chi connectivity index (χ2n) is 6.79. The van der Waals surface area contributed by atoms with Crippen molar-refractivity contribution in [1.29, 1.82) is 0 Å². The average Bonchev–Trinajstić information content (AvgIpc) is 2.72. The lowest BCUT2D eigenvalue weighted by molar-refractivity contribution is -0.119. The Bertz CT molecular complexity index is 1020. The van der Waals surface area contributed by atoms with Crippen LogP contribution in [-0.2, 0) is 22.6 Å². The zero-order valence-corrected chi connectivity index (χ0v) is 16.8. The number of hydrogen-bond donors (Lipinski definition) is 2. The van der Waals surface area contributed by atoms with Crippen LogP contribution in [-0.4, -0.2) is 28.4 Å². The molecule has 0 aromatic heterocycles. The van der Waals surface area contributed by atoms with Crippen LogP contribution < -0.4 is 11.1 Å². The number of thiocarbonyl (C=S) groups is 1. The Morgan fingerprint density at radius 3 is 2.38 bits per heavy atom. The van der Waals surface area contributed by atoms with Gasteiger partial charge in [0.15, 0.2) is 5.11 Å². The van der Waals surface area contributed by atoms with Gasteiger partial charge >= 0.3 is 0 Å². The van der Waals surface area contributed by atoms with Crippen LogP contribution in [0.5, 0.6) is 0 Å². The van der Waals surface area contributed by atoms with E-state index in [1.807, 2.05) is 72.8 Å². The molecule has 3 N–H and O–H groups in total. The fourth-order valence-corrected chi connectivity index (χ4v) is 3.43. The summed E-state index contributed by atoms with van der Waals surface area (Å²) in [6.07, 6.45) is 0.378. The standard InChI is InChI=1S/C23H23N3O2S/c24-21(27)13-14-26(16-17-7-2-1-3-8-17)23(29)25-22(28)15-19-11-6-10-18-9-4-5-12-20(18)19/h1-12H,13-16H2,(H2,24,27)(H,25,28,29). The van der Waals surface area contributed by atoms with Crippen molar-refractivity contribution >= 4 is 39.9 Å². The number of rotatable bonds is 7. The molecule has 0 fully saturated rings. The highest BCUT2D eigenvalue weighted by molar-refractivity contribution is 7.80. The molecular weight excluding hydrogens is 382 g/mol. The van der Waals surface area contributed by atoms with Crippen molar-refractivity contribution in [3.05, 3.63) is 83.9 Å². The Balaban J connectivity index is 1.68. The lowest BCUT2D eigenvalue weighted by Crippen LogP contribution is -2.44. The molecule has 5 nitrogen and oxygen atoms in total. The second kappa shape index (κ2) is 9.80. The van der Waals surface area contributed by atoms with Crippen LogP contribution >= 0.6 is 12.2 Å². The summed E-state index contributed by atoms with van der Waals surface area (Å²) >= 11 is 5.46. The van der Waals surface area contributed by atoms with Crippen LogP contribution in [0.2, 0.25) is 0 Å². The fraction of sp³-hybridized carbons (Fsp3) is 0.174. The first-order valence-electron chi connectivity index (χ1n) is 9.40. The van der Waals surface area contributed by atoms with Crippen molar-refractivity contribution in [1.82, 2.24) is 10.2 Å². The fourth-order valence-electron chi connectivity index (χ4n) is 3.16. The number of nitrogens with two attached hydrogens (primary N) is 1. The van der Waals surface area contributed by atoms with Gasteiger partial charge in [0.05, 0.1) is 6.42 Å². The highest BCUT2D eigenvalue weighted by Crippen LogP contribution is 2.19. The van der Waals surface area contributed by atoms with Crippen molar-refractivity contribution in [3.63, 3.8) is 0 Å². The SMILES string of the molecule is NC(=O)CCN(Cc1ccccc1)C(=S)NC(=O)Cc1cccc2ccccc12. The summed E-state index contributed by atoms with van der Waals surface area (Å²) in [6.45, 7) is 0.832. The first-order valence-corrected chi connectivity index (χ1v) is 9.81. The average molecular weight is 406 g/mol.